The van der Waals surface area contributed by atoms with Crippen molar-refractivity contribution in [2.45, 2.75) is 12.7 Å². The van der Waals surface area contributed by atoms with E-state index in [1.807, 2.05) is 0 Å². The Morgan fingerprint density at radius 1 is 1.05 bits per heavy atom. The van der Waals surface area contributed by atoms with Crippen LogP contribution in [0.5, 0.6) is 11.5 Å². The number of halogens is 5. The number of hydrogen-bond acceptors (Lipinski definition) is 2. The molecule has 0 amide bonds. The van der Waals surface area contributed by atoms with Gasteiger partial charge in [0.15, 0.2) is 0 Å². The molecule has 2 aromatic carbocycles. The first-order chi connectivity index (χ1) is 9.81. The number of nitrogens with two attached hydrogens (primary N) is 1. The molecule has 0 unspecified atom stereocenters. The third-order valence-electron chi connectivity index (χ3n) is 2.72. The minimum Gasteiger partial charge on any atom is -0.456 e. The number of alkyl halides is 3. The summed E-state index contributed by atoms with van der Waals surface area (Å²) in [7, 11) is 0. The van der Waals surface area contributed by atoms with Gasteiger partial charge in [0.2, 0.25) is 0 Å². The summed E-state index contributed by atoms with van der Waals surface area (Å²) in [6.45, 7) is -0.255. The van der Waals surface area contributed by atoms with Gasteiger partial charge in [0.25, 0.3) is 0 Å². The number of rotatable bonds is 3. The van der Waals surface area contributed by atoms with Crippen molar-refractivity contribution >= 4 is 23.2 Å². The molecule has 0 saturated heterocycles. The van der Waals surface area contributed by atoms with Crippen LogP contribution < -0.4 is 10.5 Å². The van der Waals surface area contributed by atoms with Crippen molar-refractivity contribution in [1.29, 1.82) is 0 Å². The van der Waals surface area contributed by atoms with Crippen LogP contribution in [-0.2, 0) is 12.7 Å². The Hall–Kier alpha value is -1.43. The first-order valence-electron chi connectivity index (χ1n) is 5.84. The van der Waals surface area contributed by atoms with E-state index in [1.54, 1.807) is 6.07 Å². The zero-order valence-corrected chi connectivity index (χ0v) is 12.1. The van der Waals surface area contributed by atoms with Crippen LogP contribution in [0.15, 0.2) is 36.4 Å². The fraction of sp³-hybridized carbons (Fsp3) is 0.143. The highest BCUT2D eigenvalue weighted by molar-refractivity contribution is 6.34. The molecule has 112 valence electrons. The van der Waals surface area contributed by atoms with Crippen molar-refractivity contribution in [3.63, 3.8) is 0 Å². The lowest BCUT2D eigenvalue weighted by Gasteiger charge is -2.14. The van der Waals surface area contributed by atoms with Gasteiger partial charge in [-0.15, -0.1) is 0 Å². The molecule has 7 heteroatoms. The van der Waals surface area contributed by atoms with E-state index in [2.05, 4.69) is 0 Å². The van der Waals surface area contributed by atoms with E-state index in [4.69, 9.17) is 33.7 Å². The van der Waals surface area contributed by atoms with Crippen molar-refractivity contribution in [3.8, 4) is 11.5 Å². The Morgan fingerprint density at radius 2 is 1.76 bits per heavy atom. The SMILES string of the molecule is NCc1cc(Oc2cc(Cl)ccc2Cl)ccc1C(F)(F)F. The second-order valence-electron chi connectivity index (χ2n) is 4.20. The average Bonchev–Trinajstić information content (AvgIpc) is 2.41. The predicted molar refractivity (Wildman–Crippen MR) is 75.9 cm³/mol. The van der Waals surface area contributed by atoms with E-state index >= 15 is 0 Å². The molecule has 0 heterocycles. The lowest BCUT2D eigenvalue weighted by Crippen LogP contribution is -2.11. The largest absolute Gasteiger partial charge is 0.456 e. The topological polar surface area (TPSA) is 35.2 Å². The molecule has 0 aliphatic heterocycles. The summed E-state index contributed by atoms with van der Waals surface area (Å²) in [5.41, 5.74) is 4.52. The van der Waals surface area contributed by atoms with Crippen molar-refractivity contribution in [1.82, 2.24) is 0 Å². The second-order valence-corrected chi connectivity index (χ2v) is 5.04. The first-order valence-corrected chi connectivity index (χ1v) is 6.60. The molecule has 0 fully saturated rings. The smallest absolute Gasteiger partial charge is 0.416 e. The summed E-state index contributed by atoms with van der Waals surface area (Å²) >= 11 is 11.8. The minimum atomic E-state index is -4.46. The van der Waals surface area contributed by atoms with E-state index in [-0.39, 0.29) is 23.6 Å². The summed E-state index contributed by atoms with van der Waals surface area (Å²) in [5.74, 6) is 0.458. The Labute approximate surface area is 129 Å². The van der Waals surface area contributed by atoms with Crippen LogP contribution in [0.25, 0.3) is 0 Å². The Kier molecular flexibility index (Phi) is 4.66. The second kappa shape index (κ2) is 6.13. The molecular weight excluding hydrogens is 326 g/mol. The molecule has 0 aromatic heterocycles. The van der Waals surface area contributed by atoms with Gasteiger partial charge in [0, 0.05) is 17.6 Å². The lowest BCUT2D eigenvalue weighted by atomic mass is 10.1. The summed E-state index contributed by atoms with van der Waals surface area (Å²) < 4.78 is 43.8. The highest BCUT2D eigenvalue weighted by atomic mass is 35.5. The van der Waals surface area contributed by atoms with Crippen LogP contribution in [-0.4, -0.2) is 0 Å². The summed E-state index contributed by atoms with van der Waals surface area (Å²) in [4.78, 5) is 0. The van der Waals surface area contributed by atoms with Gasteiger partial charge in [0.05, 0.1) is 10.6 Å². The Morgan fingerprint density at radius 3 is 2.38 bits per heavy atom. The van der Waals surface area contributed by atoms with E-state index in [0.29, 0.717) is 10.0 Å². The highest BCUT2D eigenvalue weighted by Crippen LogP contribution is 2.36. The molecule has 2 nitrogen and oxygen atoms in total. The monoisotopic (exact) mass is 335 g/mol. The van der Waals surface area contributed by atoms with E-state index in [9.17, 15) is 13.2 Å². The van der Waals surface area contributed by atoms with Gasteiger partial charge in [-0.1, -0.05) is 23.2 Å². The molecule has 21 heavy (non-hydrogen) atoms. The van der Waals surface area contributed by atoms with Crippen LogP contribution in [0.2, 0.25) is 10.0 Å². The summed E-state index contributed by atoms with van der Waals surface area (Å²) in [5, 5.41) is 0.703. The number of ether oxygens (including phenoxy) is 1. The molecule has 0 radical (unpaired) electrons. The minimum absolute atomic E-state index is 0.0573. The molecular formula is C14H10Cl2F3NO. The third kappa shape index (κ3) is 3.81. The summed E-state index contributed by atoms with van der Waals surface area (Å²) in [6, 6.07) is 7.96. The predicted octanol–water partition coefficient (Wildman–Crippen LogP) is 5.26. The molecule has 2 aromatic rings. The maximum Gasteiger partial charge on any atom is 0.416 e. The zero-order valence-electron chi connectivity index (χ0n) is 10.5. The van der Waals surface area contributed by atoms with Crippen molar-refractivity contribution in [2.24, 2.45) is 5.73 Å². The molecule has 0 aliphatic rings. The normalized spacial score (nSPS) is 11.5. The number of benzene rings is 2. The first kappa shape index (κ1) is 15.9. The molecule has 0 bridgehead atoms. The standard InChI is InChI=1S/C14H10Cl2F3NO/c15-9-1-4-12(16)13(6-9)21-10-2-3-11(14(17,18)19)8(5-10)7-20/h1-6H,7,20H2. The lowest BCUT2D eigenvalue weighted by molar-refractivity contribution is -0.138. The van der Waals surface area contributed by atoms with Gasteiger partial charge >= 0.3 is 6.18 Å². The molecule has 0 aliphatic carbocycles. The quantitative estimate of drug-likeness (QED) is 0.829. The zero-order chi connectivity index (χ0) is 15.6. The van der Waals surface area contributed by atoms with Gasteiger partial charge in [-0.25, -0.2) is 0 Å². The summed E-state index contributed by atoms with van der Waals surface area (Å²) in [6.07, 6.45) is -4.46. The molecule has 0 saturated carbocycles. The number of hydrogen-bond donors (Lipinski definition) is 1. The van der Waals surface area contributed by atoms with E-state index in [0.717, 1.165) is 6.07 Å². The Balaban J connectivity index is 2.36. The van der Waals surface area contributed by atoms with Gasteiger partial charge in [0.1, 0.15) is 11.5 Å². The Bertz CT molecular complexity index is 659. The van der Waals surface area contributed by atoms with Crippen LogP contribution in [0, 0.1) is 0 Å². The molecule has 0 spiro atoms. The third-order valence-corrected chi connectivity index (χ3v) is 3.27. The van der Waals surface area contributed by atoms with Gasteiger partial charge < -0.3 is 10.5 Å². The van der Waals surface area contributed by atoms with Crippen molar-refractivity contribution < 1.29 is 17.9 Å². The van der Waals surface area contributed by atoms with Gasteiger partial charge in [-0.05, 0) is 35.9 Å². The van der Waals surface area contributed by atoms with Crippen LogP contribution in [0.3, 0.4) is 0 Å². The van der Waals surface area contributed by atoms with E-state index < -0.39 is 11.7 Å². The van der Waals surface area contributed by atoms with Crippen LogP contribution in [0.4, 0.5) is 13.2 Å². The average molecular weight is 336 g/mol. The van der Waals surface area contributed by atoms with Crippen molar-refractivity contribution in [3.05, 3.63) is 57.6 Å². The van der Waals surface area contributed by atoms with Crippen LogP contribution >= 0.6 is 23.2 Å². The van der Waals surface area contributed by atoms with Crippen LogP contribution in [0.1, 0.15) is 11.1 Å². The highest BCUT2D eigenvalue weighted by Gasteiger charge is 2.33. The maximum absolute atomic E-state index is 12.8. The van der Waals surface area contributed by atoms with E-state index in [1.165, 1.54) is 24.3 Å². The van der Waals surface area contributed by atoms with Gasteiger partial charge in [-0.2, -0.15) is 13.2 Å². The van der Waals surface area contributed by atoms with Crippen molar-refractivity contribution in [2.75, 3.05) is 0 Å². The molecule has 0 atom stereocenters. The molecule has 2 rings (SSSR count). The fourth-order valence-electron chi connectivity index (χ4n) is 1.76. The van der Waals surface area contributed by atoms with Gasteiger partial charge in [-0.3, -0.25) is 0 Å². The fourth-order valence-corrected chi connectivity index (χ4v) is 2.08. The maximum atomic E-state index is 12.8. The molecule has 2 N–H and O–H groups in total.